The number of amides is 2. The molecule has 7 nitrogen and oxygen atoms in total. The molecule has 0 fully saturated rings. The number of ketones is 1. The Morgan fingerprint density at radius 1 is 1.13 bits per heavy atom. The van der Waals surface area contributed by atoms with E-state index in [1.54, 1.807) is 25.1 Å². The molecule has 0 saturated heterocycles. The van der Waals surface area contributed by atoms with Crippen molar-refractivity contribution >= 4 is 23.3 Å². The highest BCUT2D eigenvalue weighted by molar-refractivity contribution is 6.05. The van der Waals surface area contributed by atoms with Gasteiger partial charge >= 0.3 is 0 Å². The van der Waals surface area contributed by atoms with Crippen LogP contribution >= 0.6 is 0 Å². The molecule has 7 heteroatoms. The van der Waals surface area contributed by atoms with Gasteiger partial charge in [-0.25, -0.2) is 0 Å². The third kappa shape index (κ3) is 4.87. The van der Waals surface area contributed by atoms with Gasteiger partial charge in [-0.2, -0.15) is 0 Å². The monoisotopic (exact) mass is 424 g/mol. The zero-order valence-electron chi connectivity index (χ0n) is 18.5. The summed E-state index contributed by atoms with van der Waals surface area (Å²) < 4.78 is 11.3. The summed E-state index contributed by atoms with van der Waals surface area (Å²) in [6.07, 6.45) is 0. The fraction of sp³-hybridized carbons (Fsp3) is 0.375. The molecule has 1 heterocycles. The number of carbonyl (C=O) groups excluding carboxylic acids is 3. The number of aryl methyl sites for hydroxylation is 2. The summed E-state index contributed by atoms with van der Waals surface area (Å²) in [6, 6.07) is 9.87. The topological polar surface area (TPSA) is 84.9 Å². The Bertz CT molecular complexity index is 995. The number of nitrogens with one attached hydrogen (secondary N) is 1. The first-order chi connectivity index (χ1) is 14.7. The molecule has 0 unspecified atom stereocenters. The summed E-state index contributed by atoms with van der Waals surface area (Å²) in [4.78, 5) is 39.3. The van der Waals surface area contributed by atoms with E-state index in [-0.39, 0.29) is 36.9 Å². The lowest BCUT2D eigenvalue weighted by atomic mass is 10.1. The van der Waals surface area contributed by atoms with E-state index in [4.69, 9.17) is 9.47 Å². The molecule has 1 aliphatic rings. The molecule has 1 atom stereocenters. The zero-order chi connectivity index (χ0) is 22.7. The van der Waals surface area contributed by atoms with Crippen LogP contribution in [0.4, 0.5) is 5.69 Å². The number of benzene rings is 2. The molecule has 0 aliphatic carbocycles. The minimum atomic E-state index is -0.742. The maximum absolute atomic E-state index is 12.8. The summed E-state index contributed by atoms with van der Waals surface area (Å²) in [7, 11) is 0. The van der Waals surface area contributed by atoms with Gasteiger partial charge in [0.25, 0.3) is 5.91 Å². The van der Waals surface area contributed by atoms with Gasteiger partial charge in [0.05, 0.1) is 5.69 Å². The summed E-state index contributed by atoms with van der Waals surface area (Å²) in [5.74, 6) is 0.299. The molecule has 1 aliphatic heterocycles. The van der Waals surface area contributed by atoms with Crippen LogP contribution in [0, 0.1) is 13.8 Å². The van der Waals surface area contributed by atoms with E-state index in [1.165, 1.54) is 4.90 Å². The van der Waals surface area contributed by atoms with Gasteiger partial charge < -0.3 is 14.8 Å². The van der Waals surface area contributed by atoms with Crippen LogP contribution in [0.15, 0.2) is 36.4 Å². The Balaban J connectivity index is 1.83. The van der Waals surface area contributed by atoms with Crippen molar-refractivity contribution in [3.63, 3.8) is 0 Å². The number of carbonyl (C=O) groups is 3. The molecule has 0 aromatic heterocycles. The van der Waals surface area contributed by atoms with E-state index in [2.05, 4.69) is 5.32 Å². The normalized spacial score (nSPS) is 14.0. The highest BCUT2D eigenvalue weighted by Gasteiger charge is 2.33. The molecule has 2 amide bonds. The van der Waals surface area contributed by atoms with Crippen LogP contribution in [0.3, 0.4) is 0 Å². The zero-order valence-corrected chi connectivity index (χ0v) is 18.5. The molecule has 2 aromatic rings. The number of hydrogen-bond acceptors (Lipinski definition) is 5. The number of para-hydroxylation sites is 1. The summed E-state index contributed by atoms with van der Waals surface area (Å²) >= 11 is 0. The van der Waals surface area contributed by atoms with Crippen LogP contribution in [0.25, 0.3) is 0 Å². The molecule has 0 bridgehead atoms. The van der Waals surface area contributed by atoms with Gasteiger partial charge in [0.1, 0.15) is 17.5 Å². The summed E-state index contributed by atoms with van der Waals surface area (Å²) in [5, 5.41) is 2.82. The van der Waals surface area contributed by atoms with Gasteiger partial charge in [-0.1, -0.05) is 18.2 Å². The third-order valence-electron chi connectivity index (χ3n) is 5.11. The molecule has 3 rings (SSSR count). The van der Waals surface area contributed by atoms with E-state index in [1.807, 2.05) is 45.9 Å². The van der Waals surface area contributed by atoms with Crippen molar-refractivity contribution in [1.82, 2.24) is 5.32 Å². The molecule has 0 spiro atoms. The number of nitrogens with zero attached hydrogens (tertiary/aromatic N) is 1. The van der Waals surface area contributed by atoms with Crippen LogP contribution < -0.4 is 19.7 Å². The predicted octanol–water partition coefficient (Wildman–Crippen LogP) is 3.20. The van der Waals surface area contributed by atoms with Crippen LogP contribution in [0.5, 0.6) is 11.5 Å². The first kappa shape index (κ1) is 22.3. The molecule has 0 saturated carbocycles. The lowest BCUT2D eigenvalue weighted by molar-refractivity contribution is -0.127. The van der Waals surface area contributed by atoms with Crippen molar-refractivity contribution in [3.8, 4) is 11.5 Å². The predicted molar refractivity (Wildman–Crippen MR) is 118 cm³/mol. The Hall–Kier alpha value is -3.35. The molecule has 1 N–H and O–H groups in total. The number of rotatable bonds is 7. The van der Waals surface area contributed by atoms with Gasteiger partial charge in [0.15, 0.2) is 19.0 Å². The number of ether oxygens (including phenoxy) is 2. The van der Waals surface area contributed by atoms with Gasteiger partial charge in [-0.05, 0) is 63.9 Å². The quantitative estimate of drug-likeness (QED) is 0.690. The Morgan fingerprint density at radius 2 is 1.81 bits per heavy atom. The minimum Gasteiger partial charge on any atom is -0.485 e. The SMILES string of the molecule is Cc1cccc(C)c1OCC(=O)c1ccc2c(c1)N([C@H](C)C(=O)NC(C)C)C(=O)CO2. The smallest absolute Gasteiger partial charge is 0.265 e. The van der Waals surface area contributed by atoms with Crippen molar-refractivity contribution in [2.75, 3.05) is 18.1 Å². The maximum Gasteiger partial charge on any atom is 0.265 e. The molecular weight excluding hydrogens is 396 g/mol. The average molecular weight is 424 g/mol. The average Bonchev–Trinajstić information content (AvgIpc) is 2.71. The molecular formula is C24H28N2O5. The lowest BCUT2D eigenvalue weighted by Crippen LogP contribution is -2.52. The van der Waals surface area contributed by atoms with E-state index in [0.717, 1.165) is 11.1 Å². The molecule has 164 valence electrons. The Labute approximate surface area is 182 Å². The van der Waals surface area contributed by atoms with E-state index < -0.39 is 6.04 Å². The maximum atomic E-state index is 12.8. The summed E-state index contributed by atoms with van der Waals surface area (Å²) in [5.41, 5.74) is 2.69. The van der Waals surface area contributed by atoms with Crippen molar-refractivity contribution in [2.45, 2.75) is 46.7 Å². The number of hydrogen-bond donors (Lipinski definition) is 1. The van der Waals surface area contributed by atoms with Crippen LogP contribution in [-0.4, -0.2) is 42.9 Å². The van der Waals surface area contributed by atoms with Crippen LogP contribution in [0.1, 0.15) is 42.3 Å². The van der Waals surface area contributed by atoms with E-state index >= 15 is 0 Å². The van der Waals surface area contributed by atoms with Gasteiger partial charge in [0, 0.05) is 11.6 Å². The molecule has 31 heavy (non-hydrogen) atoms. The first-order valence-corrected chi connectivity index (χ1v) is 10.3. The Morgan fingerprint density at radius 3 is 2.45 bits per heavy atom. The second-order valence-corrected chi connectivity index (χ2v) is 8.01. The largest absolute Gasteiger partial charge is 0.485 e. The highest BCUT2D eigenvalue weighted by atomic mass is 16.5. The fourth-order valence-corrected chi connectivity index (χ4v) is 3.54. The number of Topliss-reactive ketones (excluding diaryl/α,β-unsaturated/α-hetero) is 1. The van der Waals surface area contributed by atoms with E-state index in [9.17, 15) is 14.4 Å². The highest BCUT2D eigenvalue weighted by Crippen LogP contribution is 2.34. The van der Waals surface area contributed by atoms with Gasteiger partial charge in [-0.3, -0.25) is 19.3 Å². The fourth-order valence-electron chi connectivity index (χ4n) is 3.54. The minimum absolute atomic E-state index is 0.0551. The lowest BCUT2D eigenvalue weighted by Gasteiger charge is -2.33. The summed E-state index contributed by atoms with van der Waals surface area (Å²) in [6.45, 7) is 8.92. The van der Waals surface area contributed by atoms with Crippen molar-refractivity contribution in [1.29, 1.82) is 0 Å². The number of fused-ring (bicyclic) bond motifs is 1. The number of anilines is 1. The van der Waals surface area contributed by atoms with Gasteiger partial charge in [-0.15, -0.1) is 0 Å². The Kier molecular flexibility index (Phi) is 6.63. The second kappa shape index (κ2) is 9.20. The van der Waals surface area contributed by atoms with Crippen molar-refractivity contribution in [3.05, 3.63) is 53.1 Å². The second-order valence-electron chi connectivity index (χ2n) is 8.01. The third-order valence-corrected chi connectivity index (χ3v) is 5.11. The van der Waals surface area contributed by atoms with E-state index in [0.29, 0.717) is 22.7 Å². The molecule has 0 radical (unpaired) electrons. The molecule has 2 aromatic carbocycles. The van der Waals surface area contributed by atoms with Crippen molar-refractivity contribution < 1.29 is 23.9 Å². The standard InChI is InChI=1S/C24H28N2O5/c1-14(2)25-24(29)17(5)26-19-11-18(9-10-21(19)30-13-22(26)28)20(27)12-31-23-15(3)7-6-8-16(23)4/h6-11,14,17H,12-13H2,1-5H3,(H,25,29)/t17-/m1/s1. The first-order valence-electron chi connectivity index (χ1n) is 10.3. The van der Waals surface area contributed by atoms with Gasteiger partial charge in [0.2, 0.25) is 5.91 Å². The van der Waals surface area contributed by atoms with Crippen LogP contribution in [-0.2, 0) is 9.59 Å². The van der Waals surface area contributed by atoms with Crippen molar-refractivity contribution in [2.24, 2.45) is 0 Å². The van der Waals surface area contributed by atoms with Crippen LogP contribution in [0.2, 0.25) is 0 Å².